The highest BCUT2D eigenvalue weighted by Crippen LogP contribution is 2.66. The fourth-order valence-corrected chi connectivity index (χ4v) is 12.2. The topological polar surface area (TPSA) is 100 Å². The molecule has 3 saturated carbocycles. The lowest BCUT2D eigenvalue weighted by Gasteiger charge is -2.59. The first-order valence-corrected chi connectivity index (χ1v) is 21.5. The summed E-state index contributed by atoms with van der Waals surface area (Å²) in [4.78, 5) is 28.6. The molecule has 0 saturated heterocycles. The molecule has 1 unspecified atom stereocenters. The maximum Gasteiger partial charge on any atom is 0.156 e. The molecule has 0 radical (unpaired) electrons. The van der Waals surface area contributed by atoms with Crippen molar-refractivity contribution in [3.63, 3.8) is 0 Å². The second-order valence-electron chi connectivity index (χ2n) is 18.2. The molecular formula is C53H50N4O2. The van der Waals surface area contributed by atoms with E-state index in [1.807, 2.05) is 6.08 Å². The van der Waals surface area contributed by atoms with Crippen molar-refractivity contribution < 1.29 is 9.90 Å². The largest absolute Gasteiger partial charge is 0.393 e. The van der Waals surface area contributed by atoms with Crippen LogP contribution in [0.5, 0.6) is 0 Å². The monoisotopic (exact) mass is 774 g/mol. The Morgan fingerprint density at radius 2 is 1.32 bits per heavy atom. The number of aromatic amines is 4. The number of aliphatic hydroxyl groups is 1. The van der Waals surface area contributed by atoms with Crippen LogP contribution < -0.4 is 21.4 Å². The van der Waals surface area contributed by atoms with Crippen molar-refractivity contribution in [2.75, 3.05) is 0 Å². The molecule has 5 heterocycles. The van der Waals surface area contributed by atoms with E-state index in [0.717, 1.165) is 111 Å². The molecule has 0 spiro atoms. The van der Waals surface area contributed by atoms with Gasteiger partial charge < -0.3 is 25.0 Å². The zero-order valence-electron chi connectivity index (χ0n) is 33.7. The highest BCUT2D eigenvalue weighted by atomic mass is 16.3. The Hall–Kier alpha value is -6.03. The Morgan fingerprint density at radius 1 is 0.644 bits per heavy atom. The Balaban J connectivity index is 1.12. The zero-order valence-corrected chi connectivity index (χ0v) is 33.7. The molecule has 2 aromatic carbocycles. The molecule has 5 aliphatic rings. The predicted octanol–water partition coefficient (Wildman–Crippen LogP) is 6.96. The van der Waals surface area contributed by atoms with Gasteiger partial charge in [0.2, 0.25) is 0 Å². The van der Waals surface area contributed by atoms with Crippen LogP contribution in [0.1, 0.15) is 92.7 Å². The van der Waals surface area contributed by atoms with Crippen molar-refractivity contribution in [1.29, 1.82) is 0 Å². The standard InChI is InChI=1S/C53H50N4O2/c1-52-28-27-42-39(41(52)19-26-49(52)59)17-13-34-29-38(58)30-35(53(34,42)2)14-18-40-43-22-24-47(56-43)50(32-9-5-3-6-10-32)45-20-15-36(54-45)31-37-16-21-46(55-37)51(33-11-7-4-8-12-33)48-25-23-44(40)57-48/h3-12,15-16,20-25,29,31,35,39,41-42,49,54-57,59H,13,17,19,26-28,30H2,1-2H3/t35?,39-,41-,42-,49-,52-,53+/m0/s1. The average Bonchev–Trinajstić information content (AvgIpc) is 4.11. The molecule has 1 aliphatic heterocycles. The summed E-state index contributed by atoms with van der Waals surface area (Å²) in [5.41, 5.74) is 10.2. The number of aromatic nitrogens is 4. The van der Waals surface area contributed by atoms with E-state index in [0.29, 0.717) is 24.2 Å². The van der Waals surface area contributed by atoms with E-state index in [2.05, 4.69) is 161 Å². The van der Waals surface area contributed by atoms with Gasteiger partial charge in [-0.15, -0.1) is 0 Å². The van der Waals surface area contributed by atoms with Crippen LogP contribution in [0.15, 0.2) is 121 Å². The first kappa shape index (κ1) is 36.1. The lowest BCUT2D eigenvalue weighted by Crippen LogP contribution is -2.53. The maximum atomic E-state index is 13.6. The van der Waals surface area contributed by atoms with Gasteiger partial charge in [-0.2, -0.15) is 0 Å². The molecule has 11 rings (SSSR count). The summed E-state index contributed by atoms with van der Waals surface area (Å²) in [5.74, 6) is 9.19. The summed E-state index contributed by atoms with van der Waals surface area (Å²) >= 11 is 0. The van der Waals surface area contributed by atoms with Crippen molar-refractivity contribution in [3.05, 3.63) is 176 Å². The van der Waals surface area contributed by atoms with E-state index in [1.54, 1.807) is 0 Å². The van der Waals surface area contributed by atoms with Crippen LogP contribution in [0.4, 0.5) is 0 Å². The van der Waals surface area contributed by atoms with Crippen molar-refractivity contribution in [2.45, 2.75) is 64.9 Å². The van der Waals surface area contributed by atoms with E-state index in [1.165, 1.54) is 5.57 Å². The SMILES string of the molecule is C[C@]12CC[C@H]3[C@@H](CCC4=CC(=O)CC(C#CC5=c6ccc([nH]6)=C(c6ccccc6)c6ccc([nH]6)C=c6ccc([nH]6)=C(c6ccccc6)c6ccc5[nH]6)[C@@]43C)[C@@H]1CC[C@@H]2O. The molecular weight excluding hydrogens is 725 g/mol. The summed E-state index contributed by atoms with van der Waals surface area (Å²) in [6.07, 6.45) is 10.5. The summed E-state index contributed by atoms with van der Waals surface area (Å²) in [5, 5.41) is 15.1. The maximum absolute atomic E-state index is 13.6. The minimum atomic E-state index is -0.214. The number of nitrogens with one attached hydrogen (secondary N) is 4. The fourth-order valence-electron chi connectivity index (χ4n) is 12.2. The normalized spacial score (nSPS) is 28.5. The fraction of sp³-hybridized carbons (Fsp3) is 0.302. The van der Waals surface area contributed by atoms with Gasteiger partial charge in [0.25, 0.3) is 0 Å². The highest BCUT2D eigenvalue weighted by molar-refractivity contribution is 5.92. The zero-order chi connectivity index (χ0) is 39.9. The van der Waals surface area contributed by atoms with Gasteiger partial charge in [0.05, 0.1) is 22.7 Å². The third-order valence-corrected chi connectivity index (χ3v) is 15.3. The van der Waals surface area contributed by atoms with Gasteiger partial charge in [-0.05, 0) is 134 Å². The first-order chi connectivity index (χ1) is 28.8. The summed E-state index contributed by atoms with van der Waals surface area (Å²) < 4.78 is 0. The van der Waals surface area contributed by atoms with E-state index in [-0.39, 0.29) is 28.6 Å². The molecule has 4 aromatic heterocycles. The Bertz CT molecular complexity index is 2980. The van der Waals surface area contributed by atoms with Gasteiger partial charge in [-0.3, -0.25) is 4.79 Å². The van der Waals surface area contributed by atoms with Crippen LogP contribution in [-0.4, -0.2) is 36.9 Å². The third kappa shape index (κ3) is 5.85. The first-order valence-electron chi connectivity index (χ1n) is 21.5. The number of benzene rings is 2. The summed E-state index contributed by atoms with van der Waals surface area (Å²) in [6.45, 7) is 4.76. The van der Waals surface area contributed by atoms with Crippen molar-refractivity contribution in [3.8, 4) is 11.8 Å². The molecule has 6 aromatic rings. The molecule has 3 fully saturated rings. The minimum Gasteiger partial charge on any atom is -0.393 e. The number of hydrogen-bond donors (Lipinski definition) is 5. The van der Waals surface area contributed by atoms with Gasteiger partial charge in [0.1, 0.15) is 0 Å². The van der Waals surface area contributed by atoms with Crippen molar-refractivity contribution in [2.24, 2.45) is 34.5 Å². The van der Waals surface area contributed by atoms with Crippen molar-refractivity contribution in [1.82, 2.24) is 19.9 Å². The van der Waals surface area contributed by atoms with Crippen LogP contribution >= 0.6 is 0 Å². The summed E-state index contributed by atoms with van der Waals surface area (Å²) in [7, 11) is 0. The predicted molar refractivity (Wildman–Crippen MR) is 233 cm³/mol. The van der Waals surface area contributed by atoms with Crippen molar-refractivity contribution >= 4 is 28.6 Å². The number of rotatable bonds is 2. The van der Waals surface area contributed by atoms with Gasteiger partial charge in [0.15, 0.2) is 5.78 Å². The van der Waals surface area contributed by atoms with Crippen LogP contribution in [-0.2, 0) is 4.79 Å². The molecule has 4 aliphatic carbocycles. The van der Waals surface area contributed by atoms with Crippen LogP contribution in [0.3, 0.4) is 0 Å². The second kappa shape index (κ2) is 13.8. The third-order valence-electron chi connectivity index (χ3n) is 15.3. The number of fused-ring (bicyclic) bond motifs is 13. The van der Waals surface area contributed by atoms with Gasteiger partial charge in [-0.1, -0.05) is 91.9 Å². The quantitative estimate of drug-likeness (QED) is 0.123. The molecule has 0 amide bonds. The molecule has 59 heavy (non-hydrogen) atoms. The number of allylic oxidation sites excluding steroid dienone is 1. The number of ketones is 1. The number of carbonyl (C=O) groups excluding carboxylic acids is 1. The molecule has 5 N–H and O–H groups in total. The molecule has 6 nitrogen and oxygen atoms in total. The Morgan fingerprint density at radius 3 is 2.10 bits per heavy atom. The Labute approximate surface area is 344 Å². The van der Waals surface area contributed by atoms with Crippen LogP contribution in [0, 0.1) is 46.3 Å². The van der Waals surface area contributed by atoms with E-state index in [4.69, 9.17) is 0 Å². The molecule has 8 bridgehead atoms. The lowest BCUT2D eigenvalue weighted by molar-refractivity contribution is -0.120. The summed E-state index contributed by atoms with van der Waals surface area (Å²) in [6, 6.07) is 38.3. The van der Waals surface area contributed by atoms with E-state index in [9.17, 15) is 9.90 Å². The van der Waals surface area contributed by atoms with E-state index < -0.39 is 0 Å². The number of H-pyrrole nitrogens is 4. The minimum absolute atomic E-state index is 0.00644. The molecule has 294 valence electrons. The molecule has 7 atom stereocenters. The highest BCUT2D eigenvalue weighted by Gasteiger charge is 2.60. The van der Waals surface area contributed by atoms with Crippen LogP contribution in [0.25, 0.3) is 22.8 Å². The number of carbonyl (C=O) groups is 1. The Kier molecular flexibility index (Phi) is 8.43. The average molecular weight is 775 g/mol. The van der Waals surface area contributed by atoms with Gasteiger partial charge >= 0.3 is 0 Å². The molecule has 6 heteroatoms. The smallest absolute Gasteiger partial charge is 0.156 e. The van der Waals surface area contributed by atoms with E-state index >= 15 is 0 Å². The van der Waals surface area contributed by atoms with Gasteiger partial charge in [0, 0.05) is 62.0 Å². The number of hydrogen-bond acceptors (Lipinski definition) is 2. The number of aliphatic hydroxyl groups excluding tert-OH is 1. The lowest BCUT2D eigenvalue weighted by atomic mass is 9.45. The van der Waals surface area contributed by atoms with Gasteiger partial charge in [-0.25, -0.2) is 0 Å². The van der Waals surface area contributed by atoms with Crippen LogP contribution in [0.2, 0.25) is 0 Å². The second-order valence-corrected chi connectivity index (χ2v) is 18.2.